The molecule has 0 saturated heterocycles. The maximum absolute atomic E-state index is 12.8. The van der Waals surface area contributed by atoms with E-state index in [1.807, 2.05) is 13.0 Å². The highest BCUT2D eigenvalue weighted by atomic mass is 19.4. The first kappa shape index (κ1) is 15.2. The van der Waals surface area contributed by atoms with Crippen LogP contribution in [-0.4, -0.2) is 22.1 Å². The fraction of sp³-hybridized carbons (Fsp3) is 0.357. The second-order valence-corrected chi connectivity index (χ2v) is 4.38. The van der Waals surface area contributed by atoms with Crippen molar-refractivity contribution in [1.82, 2.24) is 15.0 Å². The highest BCUT2D eigenvalue weighted by Gasteiger charge is 2.36. The molecule has 7 heteroatoms. The highest BCUT2D eigenvalue weighted by molar-refractivity contribution is 5.50. The topological polar surface area (TPSA) is 47.9 Å². The molecular weight excluding hydrogens is 283 g/mol. The predicted octanol–water partition coefficient (Wildman–Crippen LogP) is 3.52. The Morgan fingerprint density at radius 2 is 1.95 bits per heavy atom. The Labute approximate surface area is 120 Å². The van der Waals surface area contributed by atoms with Crippen molar-refractivity contribution in [3.05, 3.63) is 35.7 Å². The molecule has 2 aromatic heterocycles. The molecule has 0 bridgehead atoms. The molecule has 0 atom stereocenters. The number of rotatable bonds is 4. The Morgan fingerprint density at radius 1 is 1.19 bits per heavy atom. The van der Waals surface area contributed by atoms with Gasteiger partial charge >= 0.3 is 6.18 Å². The summed E-state index contributed by atoms with van der Waals surface area (Å²) in [7, 11) is 1.14. The zero-order valence-corrected chi connectivity index (χ0v) is 11.6. The third-order valence-electron chi connectivity index (χ3n) is 2.79. The van der Waals surface area contributed by atoms with E-state index in [9.17, 15) is 13.2 Å². The lowest BCUT2D eigenvalue weighted by Gasteiger charge is -2.11. The Hall–Kier alpha value is -2.18. The van der Waals surface area contributed by atoms with Crippen molar-refractivity contribution in [2.75, 3.05) is 7.11 Å². The number of ether oxygens (including phenoxy) is 1. The lowest BCUT2D eigenvalue weighted by atomic mass is 10.2. The summed E-state index contributed by atoms with van der Waals surface area (Å²) in [6.07, 6.45) is -2.13. The summed E-state index contributed by atoms with van der Waals surface area (Å²) in [5, 5.41) is 0. The Morgan fingerprint density at radius 3 is 2.57 bits per heavy atom. The van der Waals surface area contributed by atoms with Gasteiger partial charge in [-0.2, -0.15) is 18.2 Å². The van der Waals surface area contributed by atoms with E-state index in [-0.39, 0.29) is 5.82 Å². The SMILES string of the molecule is CCCc1cccc(-c2ncc(C(F)(F)F)c(OC)n2)n1. The fourth-order valence-electron chi connectivity index (χ4n) is 1.84. The van der Waals surface area contributed by atoms with Crippen LogP contribution in [0, 0.1) is 0 Å². The van der Waals surface area contributed by atoms with Crippen molar-refractivity contribution in [1.29, 1.82) is 0 Å². The minimum atomic E-state index is -4.55. The van der Waals surface area contributed by atoms with Crippen LogP contribution in [-0.2, 0) is 12.6 Å². The van der Waals surface area contributed by atoms with Gasteiger partial charge in [-0.15, -0.1) is 0 Å². The first-order valence-electron chi connectivity index (χ1n) is 6.40. The van der Waals surface area contributed by atoms with Crippen molar-refractivity contribution in [2.45, 2.75) is 25.9 Å². The number of pyridine rings is 1. The van der Waals surface area contributed by atoms with Gasteiger partial charge in [-0.05, 0) is 18.6 Å². The lowest BCUT2D eigenvalue weighted by Crippen LogP contribution is -2.10. The number of aryl methyl sites for hydroxylation is 1. The molecule has 2 rings (SSSR count). The van der Waals surface area contributed by atoms with Crippen molar-refractivity contribution in [3.63, 3.8) is 0 Å². The smallest absolute Gasteiger partial charge is 0.423 e. The van der Waals surface area contributed by atoms with Crippen molar-refractivity contribution in [2.24, 2.45) is 0 Å². The van der Waals surface area contributed by atoms with E-state index in [0.29, 0.717) is 5.69 Å². The van der Waals surface area contributed by atoms with Gasteiger partial charge in [0.15, 0.2) is 5.82 Å². The molecule has 0 saturated carbocycles. The molecule has 0 spiro atoms. The second kappa shape index (κ2) is 6.07. The van der Waals surface area contributed by atoms with Gasteiger partial charge in [-0.25, -0.2) is 9.97 Å². The number of aromatic nitrogens is 3. The van der Waals surface area contributed by atoms with Crippen LogP contribution in [0.25, 0.3) is 11.5 Å². The average Bonchev–Trinajstić information content (AvgIpc) is 2.46. The molecule has 0 unspecified atom stereocenters. The second-order valence-electron chi connectivity index (χ2n) is 4.38. The Kier molecular flexibility index (Phi) is 4.40. The largest absolute Gasteiger partial charge is 0.480 e. The molecule has 2 aromatic rings. The van der Waals surface area contributed by atoms with Crippen molar-refractivity contribution in [3.8, 4) is 17.4 Å². The van der Waals surface area contributed by atoms with Gasteiger partial charge in [0.1, 0.15) is 11.3 Å². The van der Waals surface area contributed by atoms with Gasteiger partial charge in [0.2, 0.25) is 5.88 Å². The van der Waals surface area contributed by atoms with E-state index < -0.39 is 17.6 Å². The molecular formula is C14H14F3N3O. The molecule has 4 nitrogen and oxygen atoms in total. The van der Waals surface area contributed by atoms with Crippen LogP contribution in [0.1, 0.15) is 24.6 Å². The van der Waals surface area contributed by atoms with Gasteiger partial charge in [-0.1, -0.05) is 19.4 Å². The Balaban J connectivity index is 2.43. The molecule has 0 amide bonds. The minimum absolute atomic E-state index is 0.109. The van der Waals surface area contributed by atoms with Crippen LogP contribution < -0.4 is 4.74 Å². The standard InChI is InChI=1S/C14H14F3N3O/c1-3-5-9-6-4-7-11(19-9)12-18-8-10(14(15,16)17)13(20-12)21-2/h4,6-8H,3,5H2,1-2H3. The van der Waals surface area contributed by atoms with Crippen LogP contribution >= 0.6 is 0 Å². The number of halogens is 3. The van der Waals surface area contributed by atoms with E-state index in [0.717, 1.165) is 31.8 Å². The normalized spacial score (nSPS) is 11.5. The summed E-state index contributed by atoms with van der Waals surface area (Å²) in [5.41, 5.74) is 0.268. The molecule has 0 aliphatic heterocycles. The minimum Gasteiger partial charge on any atom is -0.480 e. The molecule has 112 valence electrons. The number of hydrogen-bond acceptors (Lipinski definition) is 4. The van der Waals surface area contributed by atoms with Crippen LogP contribution in [0.2, 0.25) is 0 Å². The third-order valence-corrected chi connectivity index (χ3v) is 2.79. The molecule has 21 heavy (non-hydrogen) atoms. The van der Waals surface area contributed by atoms with Gasteiger partial charge in [0.05, 0.1) is 7.11 Å². The highest BCUT2D eigenvalue weighted by Crippen LogP contribution is 2.35. The van der Waals surface area contributed by atoms with Gasteiger partial charge in [0, 0.05) is 11.9 Å². The van der Waals surface area contributed by atoms with E-state index in [1.165, 1.54) is 0 Å². The van der Waals surface area contributed by atoms with Gasteiger partial charge in [0.25, 0.3) is 0 Å². The van der Waals surface area contributed by atoms with Crippen LogP contribution in [0.15, 0.2) is 24.4 Å². The van der Waals surface area contributed by atoms with Crippen LogP contribution in [0.5, 0.6) is 5.88 Å². The van der Waals surface area contributed by atoms with Gasteiger partial charge < -0.3 is 4.74 Å². The maximum atomic E-state index is 12.8. The number of nitrogens with zero attached hydrogens (tertiary/aromatic N) is 3. The fourth-order valence-corrected chi connectivity index (χ4v) is 1.84. The third kappa shape index (κ3) is 3.48. The molecule has 0 aliphatic carbocycles. The van der Waals surface area contributed by atoms with Crippen molar-refractivity contribution < 1.29 is 17.9 Å². The monoisotopic (exact) mass is 297 g/mol. The van der Waals surface area contributed by atoms with E-state index in [1.54, 1.807) is 12.1 Å². The molecule has 0 fully saturated rings. The zero-order chi connectivity index (χ0) is 15.5. The lowest BCUT2D eigenvalue weighted by molar-refractivity contribution is -0.139. The molecule has 2 heterocycles. The zero-order valence-electron chi connectivity index (χ0n) is 11.6. The number of hydrogen-bond donors (Lipinski definition) is 0. The summed E-state index contributed by atoms with van der Waals surface area (Å²) < 4.78 is 43.0. The predicted molar refractivity (Wildman–Crippen MR) is 70.8 cm³/mol. The quantitative estimate of drug-likeness (QED) is 0.866. The number of alkyl halides is 3. The van der Waals surface area contributed by atoms with E-state index in [2.05, 4.69) is 15.0 Å². The Bertz CT molecular complexity index is 629. The first-order valence-corrected chi connectivity index (χ1v) is 6.40. The first-order chi connectivity index (χ1) is 9.95. The summed E-state index contributed by atoms with van der Waals surface area (Å²) in [6, 6.07) is 5.29. The van der Waals surface area contributed by atoms with Crippen LogP contribution in [0.3, 0.4) is 0 Å². The molecule has 0 radical (unpaired) electrons. The molecule has 0 N–H and O–H groups in total. The van der Waals surface area contributed by atoms with Gasteiger partial charge in [-0.3, -0.25) is 0 Å². The number of methoxy groups -OCH3 is 1. The summed E-state index contributed by atoms with van der Waals surface area (Å²) in [5.74, 6) is -0.395. The van der Waals surface area contributed by atoms with E-state index in [4.69, 9.17) is 4.74 Å². The average molecular weight is 297 g/mol. The summed E-state index contributed by atoms with van der Waals surface area (Å²) in [4.78, 5) is 11.9. The van der Waals surface area contributed by atoms with E-state index >= 15 is 0 Å². The summed E-state index contributed by atoms with van der Waals surface area (Å²) in [6.45, 7) is 2.02. The summed E-state index contributed by atoms with van der Waals surface area (Å²) >= 11 is 0. The molecule has 0 aliphatic rings. The maximum Gasteiger partial charge on any atom is 0.423 e. The molecule has 0 aromatic carbocycles. The van der Waals surface area contributed by atoms with Crippen LogP contribution in [0.4, 0.5) is 13.2 Å². The van der Waals surface area contributed by atoms with Crippen molar-refractivity contribution >= 4 is 0 Å².